The van der Waals surface area contributed by atoms with Crippen molar-refractivity contribution in [2.24, 2.45) is 0 Å². The number of aryl methyl sites for hydroxylation is 1. The molecule has 1 rings (SSSR count). The Labute approximate surface area is 74.1 Å². The quantitative estimate of drug-likeness (QED) is 0.674. The fourth-order valence-electron chi connectivity index (χ4n) is 1.15. The first-order chi connectivity index (χ1) is 5.83. The molecule has 65 valence electrons. The van der Waals surface area contributed by atoms with E-state index in [0.717, 1.165) is 24.8 Å². The Morgan fingerprint density at radius 2 is 1.75 bits per heavy atom. The van der Waals surface area contributed by atoms with Gasteiger partial charge >= 0.3 is 0 Å². The van der Waals surface area contributed by atoms with Gasteiger partial charge in [-0.2, -0.15) is 0 Å². The molecule has 0 fully saturated rings. The second kappa shape index (κ2) is 4.94. The molecule has 1 heteroatoms. The summed E-state index contributed by atoms with van der Waals surface area (Å²) in [5, 5.41) is 8.58. The van der Waals surface area contributed by atoms with Crippen LogP contribution < -0.4 is 0 Å². The van der Waals surface area contributed by atoms with Crippen LogP contribution in [0.1, 0.15) is 24.0 Å². The normalized spacial score (nSPS) is 10.2. The molecule has 0 amide bonds. The van der Waals surface area contributed by atoms with Crippen molar-refractivity contribution >= 4 is 0 Å². The Balaban J connectivity index is 2.37. The van der Waals surface area contributed by atoms with Gasteiger partial charge in [0, 0.05) is 6.61 Å². The van der Waals surface area contributed by atoms with Crippen molar-refractivity contribution in [1.82, 2.24) is 0 Å². The zero-order chi connectivity index (χ0) is 8.81. The van der Waals surface area contributed by atoms with E-state index in [1.54, 1.807) is 0 Å². The van der Waals surface area contributed by atoms with Crippen molar-refractivity contribution in [2.45, 2.75) is 19.3 Å². The van der Waals surface area contributed by atoms with E-state index in [0.29, 0.717) is 6.61 Å². The van der Waals surface area contributed by atoms with E-state index in [4.69, 9.17) is 5.11 Å². The maximum Gasteiger partial charge on any atom is 0.0431 e. The Morgan fingerprint density at radius 3 is 2.33 bits per heavy atom. The van der Waals surface area contributed by atoms with Gasteiger partial charge in [-0.1, -0.05) is 24.3 Å². The van der Waals surface area contributed by atoms with Gasteiger partial charge in [-0.25, -0.2) is 0 Å². The molecule has 0 aliphatic heterocycles. The molecular weight excluding hydrogens is 148 g/mol. The lowest BCUT2D eigenvalue weighted by Gasteiger charge is -2.00. The fourth-order valence-corrected chi connectivity index (χ4v) is 1.15. The molecule has 0 atom stereocenters. The largest absolute Gasteiger partial charge is 0.396 e. The number of aliphatic hydroxyl groups excluding tert-OH is 1. The van der Waals surface area contributed by atoms with Gasteiger partial charge in [0.25, 0.3) is 0 Å². The van der Waals surface area contributed by atoms with Gasteiger partial charge in [0.2, 0.25) is 0 Å². The summed E-state index contributed by atoms with van der Waals surface area (Å²) in [6.07, 6.45) is 3.01. The van der Waals surface area contributed by atoms with E-state index in [1.165, 1.54) is 5.56 Å². The highest BCUT2D eigenvalue weighted by molar-refractivity contribution is 5.24. The molecule has 0 heterocycles. The lowest BCUT2D eigenvalue weighted by molar-refractivity contribution is 0.284. The molecule has 0 aliphatic rings. The monoisotopic (exact) mass is 163 g/mol. The second-order valence-corrected chi connectivity index (χ2v) is 3.00. The summed E-state index contributed by atoms with van der Waals surface area (Å²) >= 11 is 0. The average Bonchev–Trinajstić information content (AvgIpc) is 2.09. The summed E-state index contributed by atoms with van der Waals surface area (Å²) in [5.41, 5.74) is 2.39. The SMILES string of the molecule is [CH2]c1ccc(CCCCO)cc1. The highest BCUT2D eigenvalue weighted by atomic mass is 16.2. The summed E-state index contributed by atoms with van der Waals surface area (Å²) in [6.45, 7) is 4.12. The average molecular weight is 163 g/mol. The summed E-state index contributed by atoms with van der Waals surface area (Å²) in [5.74, 6) is 0. The van der Waals surface area contributed by atoms with Crippen LogP contribution in [0.15, 0.2) is 24.3 Å². The molecule has 0 saturated heterocycles. The first-order valence-electron chi connectivity index (χ1n) is 4.34. The van der Waals surface area contributed by atoms with E-state index in [9.17, 15) is 0 Å². The highest BCUT2D eigenvalue weighted by Gasteiger charge is 1.91. The molecular formula is C11H15O. The van der Waals surface area contributed by atoms with Gasteiger partial charge in [-0.05, 0) is 37.3 Å². The summed E-state index contributed by atoms with van der Waals surface area (Å²) in [6, 6.07) is 8.24. The molecule has 0 unspecified atom stereocenters. The third kappa shape index (κ3) is 3.05. The van der Waals surface area contributed by atoms with Crippen molar-refractivity contribution in [2.75, 3.05) is 6.61 Å². The number of aliphatic hydroxyl groups is 1. The first kappa shape index (κ1) is 9.27. The van der Waals surface area contributed by atoms with E-state index in [1.807, 2.05) is 12.1 Å². The maximum atomic E-state index is 8.58. The van der Waals surface area contributed by atoms with Gasteiger partial charge in [-0.15, -0.1) is 0 Å². The highest BCUT2D eigenvalue weighted by Crippen LogP contribution is 2.06. The smallest absolute Gasteiger partial charge is 0.0431 e. The first-order valence-corrected chi connectivity index (χ1v) is 4.34. The van der Waals surface area contributed by atoms with Gasteiger partial charge in [0.05, 0.1) is 0 Å². The Bertz CT molecular complexity index is 213. The molecule has 12 heavy (non-hydrogen) atoms. The number of unbranched alkanes of at least 4 members (excludes halogenated alkanes) is 1. The zero-order valence-corrected chi connectivity index (χ0v) is 7.29. The second-order valence-electron chi connectivity index (χ2n) is 3.00. The third-order valence-corrected chi connectivity index (χ3v) is 1.90. The molecule has 0 spiro atoms. The Morgan fingerprint density at radius 1 is 1.08 bits per heavy atom. The van der Waals surface area contributed by atoms with Crippen LogP contribution in [0.3, 0.4) is 0 Å². The van der Waals surface area contributed by atoms with E-state index in [-0.39, 0.29) is 0 Å². The van der Waals surface area contributed by atoms with E-state index < -0.39 is 0 Å². The van der Waals surface area contributed by atoms with Crippen molar-refractivity contribution < 1.29 is 5.11 Å². The topological polar surface area (TPSA) is 20.2 Å². The zero-order valence-electron chi connectivity index (χ0n) is 7.29. The number of rotatable bonds is 4. The van der Waals surface area contributed by atoms with Gasteiger partial charge in [0.15, 0.2) is 0 Å². The van der Waals surface area contributed by atoms with Crippen LogP contribution in [0.5, 0.6) is 0 Å². The van der Waals surface area contributed by atoms with Crippen molar-refractivity contribution in [1.29, 1.82) is 0 Å². The molecule has 1 radical (unpaired) electrons. The maximum absolute atomic E-state index is 8.58. The third-order valence-electron chi connectivity index (χ3n) is 1.90. The lowest BCUT2D eigenvalue weighted by Crippen LogP contribution is -1.88. The predicted molar refractivity (Wildman–Crippen MR) is 50.9 cm³/mol. The van der Waals surface area contributed by atoms with Gasteiger partial charge in [0.1, 0.15) is 0 Å². The minimum Gasteiger partial charge on any atom is -0.396 e. The molecule has 0 aliphatic carbocycles. The summed E-state index contributed by atoms with van der Waals surface area (Å²) in [7, 11) is 0. The molecule has 0 bridgehead atoms. The van der Waals surface area contributed by atoms with Gasteiger partial charge in [-0.3, -0.25) is 0 Å². The van der Waals surface area contributed by atoms with E-state index >= 15 is 0 Å². The standard InChI is InChI=1S/C11H15O/c1-10-5-7-11(8-6-10)4-2-3-9-12/h5-8,12H,1-4,9H2. The molecule has 0 saturated carbocycles. The van der Waals surface area contributed by atoms with Crippen molar-refractivity contribution in [3.05, 3.63) is 42.3 Å². The van der Waals surface area contributed by atoms with Crippen LogP contribution in [0.2, 0.25) is 0 Å². The van der Waals surface area contributed by atoms with Crippen molar-refractivity contribution in [3.63, 3.8) is 0 Å². The fraction of sp³-hybridized carbons (Fsp3) is 0.364. The van der Waals surface area contributed by atoms with E-state index in [2.05, 4.69) is 19.1 Å². The predicted octanol–water partition coefficient (Wildman–Crippen LogP) is 2.18. The molecule has 1 N–H and O–H groups in total. The van der Waals surface area contributed by atoms with Crippen LogP contribution in [0, 0.1) is 6.92 Å². The lowest BCUT2D eigenvalue weighted by atomic mass is 10.1. The van der Waals surface area contributed by atoms with Crippen LogP contribution in [0.4, 0.5) is 0 Å². The molecule has 1 aromatic rings. The molecule has 0 aromatic heterocycles. The van der Waals surface area contributed by atoms with Crippen LogP contribution in [0.25, 0.3) is 0 Å². The number of benzene rings is 1. The summed E-state index contributed by atoms with van der Waals surface area (Å²) in [4.78, 5) is 0. The molecule has 1 nitrogen and oxygen atoms in total. The van der Waals surface area contributed by atoms with Crippen LogP contribution >= 0.6 is 0 Å². The minimum atomic E-state index is 0.299. The Hall–Kier alpha value is -0.820. The number of hydrogen-bond donors (Lipinski definition) is 1. The number of hydrogen-bond acceptors (Lipinski definition) is 1. The van der Waals surface area contributed by atoms with Crippen LogP contribution in [-0.2, 0) is 6.42 Å². The van der Waals surface area contributed by atoms with Crippen LogP contribution in [-0.4, -0.2) is 11.7 Å². The summed E-state index contributed by atoms with van der Waals surface area (Å²) < 4.78 is 0. The Kier molecular flexibility index (Phi) is 3.81. The van der Waals surface area contributed by atoms with Crippen molar-refractivity contribution in [3.8, 4) is 0 Å². The molecule has 1 aromatic carbocycles. The minimum absolute atomic E-state index is 0.299. The van der Waals surface area contributed by atoms with Gasteiger partial charge < -0.3 is 5.11 Å².